The van der Waals surface area contributed by atoms with E-state index in [-0.39, 0.29) is 0 Å². The first-order chi connectivity index (χ1) is 6.13. The van der Waals surface area contributed by atoms with Crippen molar-refractivity contribution in [1.29, 1.82) is 0 Å². The van der Waals surface area contributed by atoms with E-state index in [0.717, 1.165) is 18.2 Å². The molecule has 1 aromatic heterocycles. The van der Waals surface area contributed by atoms with Gasteiger partial charge < -0.3 is 10.3 Å². The Morgan fingerprint density at radius 2 is 2.31 bits per heavy atom. The van der Waals surface area contributed by atoms with Crippen LogP contribution < -0.4 is 5.32 Å². The van der Waals surface area contributed by atoms with Gasteiger partial charge in [-0.3, -0.25) is 0 Å². The van der Waals surface area contributed by atoms with Crippen LogP contribution in [0.4, 0.5) is 5.82 Å². The molecular weight excluding hydrogens is 182 g/mol. The van der Waals surface area contributed by atoms with Crippen LogP contribution in [-0.2, 0) is 0 Å². The number of hydrogen-bond donors (Lipinski definition) is 2. The highest BCUT2D eigenvalue weighted by Gasteiger charge is 2.02. The SMILES string of the molecule is CCNc1cc(=S)nc(C(C)C)[nH]1. The molecule has 0 aliphatic carbocycles. The van der Waals surface area contributed by atoms with E-state index in [1.807, 2.05) is 13.0 Å². The molecule has 1 aromatic rings. The third kappa shape index (κ3) is 2.81. The molecule has 0 spiro atoms. The van der Waals surface area contributed by atoms with Gasteiger partial charge in [0, 0.05) is 18.5 Å². The van der Waals surface area contributed by atoms with Crippen molar-refractivity contribution in [3.05, 3.63) is 16.5 Å². The van der Waals surface area contributed by atoms with E-state index in [2.05, 4.69) is 29.1 Å². The minimum absolute atomic E-state index is 0.375. The maximum absolute atomic E-state index is 5.05. The molecule has 72 valence electrons. The van der Waals surface area contributed by atoms with E-state index < -0.39 is 0 Å². The van der Waals surface area contributed by atoms with Gasteiger partial charge in [-0.1, -0.05) is 26.1 Å². The lowest BCUT2D eigenvalue weighted by Gasteiger charge is -2.08. The molecule has 0 aliphatic rings. The average molecular weight is 197 g/mol. The molecule has 0 bridgehead atoms. The Morgan fingerprint density at radius 1 is 1.62 bits per heavy atom. The summed E-state index contributed by atoms with van der Waals surface area (Å²) in [6.07, 6.45) is 0. The van der Waals surface area contributed by atoms with Crippen molar-refractivity contribution < 1.29 is 0 Å². The monoisotopic (exact) mass is 197 g/mol. The fourth-order valence-electron chi connectivity index (χ4n) is 1.04. The molecule has 0 aromatic carbocycles. The third-order valence-electron chi connectivity index (χ3n) is 1.68. The van der Waals surface area contributed by atoms with Gasteiger partial charge in [0.25, 0.3) is 0 Å². The van der Waals surface area contributed by atoms with Crippen molar-refractivity contribution in [3.8, 4) is 0 Å². The summed E-state index contributed by atoms with van der Waals surface area (Å²) in [7, 11) is 0. The lowest BCUT2D eigenvalue weighted by molar-refractivity contribution is 0.772. The third-order valence-corrected chi connectivity index (χ3v) is 1.88. The molecule has 4 heteroatoms. The Bertz CT molecular complexity index is 330. The van der Waals surface area contributed by atoms with Crippen molar-refractivity contribution in [2.75, 3.05) is 11.9 Å². The maximum atomic E-state index is 5.05. The Morgan fingerprint density at radius 3 is 2.85 bits per heavy atom. The summed E-state index contributed by atoms with van der Waals surface area (Å²) in [6, 6.07) is 1.84. The first-order valence-corrected chi connectivity index (χ1v) is 4.89. The van der Waals surface area contributed by atoms with Crippen molar-refractivity contribution in [1.82, 2.24) is 9.97 Å². The molecule has 1 heterocycles. The van der Waals surface area contributed by atoms with Crippen LogP contribution in [0.15, 0.2) is 6.07 Å². The summed E-state index contributed by atoms with van der Waals surface area (Å²) in [6.45, 7) is 7.10. The predicted octanol–water partition coefficient (Wildman–Crippen LogP) is 2.69. The highest BCUT2D eigenvalue weighted by molar-refractivity contribution is 7.71. The van der Waals surface area contributed by atoms with E-state index >= 15 is 0 Å². The van der Waals surface area contributed by atoms with E-state index in [1.165, 1.54) is 0 Å². The Balaban J connectivity index is 3.04. The lowest BCUT2D eigenvalue weighted by atomic mass is 10.2. The molecule has 0 saturated heterocycles. The summed E-state index contributed by atoms with van der Waals surface area (Å²) >= 11 is 5.05. The molecule has 13 heavy (non-hydrogen) atoms. The van der Waals surface area contributed by atoms with Gasteiger partial charge in [-0.25, -0.2) is 4.98 Å². The summed E-state index contributed by atoms with van der Waals surface area (Å²) in [5.74, 6) is 2.26. The minimum atomic E-state index is 0.375. The van der Waals surface area contributed by atoms with Crippen LogP contribution in [0.3, 0.4) is 0 Å². The zero-order valence-corrected chi connectivity index (χ0v) is 9.03. The highest BCUT2D eigenvalue weighted by atomic mass is 32.1. The number of aromatic nitrogens is 2. The fourth-order valence-corrected chi connectivity index (χ4v) is 1.25. The van der Waals surface area contributed by atoms with Gasteiger partial charge in [-0.05, 0) is 6.92 Å². The molecule has 3 nitrogen and oxygen atoms in total. The number of anilines is 1. The van der Waals surface area contributed by atoms with Crippen LogP contribution in [0, 0.1) is 4.64 Å². The van der Waals surface area contributed by atoms with Gasteiger partial charge >= 0.3 is 0 Å². The largest absolute Gasteiger partial charge is 0.372 e. The number of H-pyrrole nitrogens is 1. The first kappa shape index (κ1) is 10.2. The van der Waals surface area contributed by atoms with Crippen LogP contribution in [0.1, 0.15) is 32.5 Å². The standard InChI is InChI=1S/C9H15N3S/c1-4-10-7-5-8(13)12-9(11-7)6(2)3/h5-6H,4H2,1-3H3,(H2,10,11,12,13). The number of nitrogens with one attached hydrogen (secondary N) is 2. The molecule has 0 atom stereocenters. The number of hydrogen-bond acceptors (Lipinski definition) is 3. The topological polar surface area (TPSA) is 40.7 Å². The van der Waals surface area contributed by atoms with E-state index in [0.29, 0.717) is 10.6 Å². The minimum Gasteiger partial charge on any atom is -0.372 e. The molecular formula is C9H15N3S. The van der Waals surface area contributed by atoms with Crippen molar-refractivity contribution in [2.24, 2.45) is 0 Å². The lowest BCUT2D eigenvalue weighted by Crippen LogP contribution is -2.04. The van der Waals surface area contributed by atoms with Gasteiger partial charge in [0.15, 0.2) is 0 Å². The smallest absolute Gasteiger partial charge is 0.131 e. The molecule has 0 aliphatic heterocycles. The maximum Gasteiger partial charge on any atom is 0.131 e. The Hall–Kier alpha value is -0.900. The second-order valence-corrected chi connectivity index (χ2v) is 3.62. The molecule has 0 radical (unpaired) electrons. The van der Waals surface area contributed by atoms with E-state index in [1.54, 1.807) is 0 Å². The number of nitrogens with zero attached hydrogens (tertiary/aromatic N) is 1. The molecule has 1 rings (SSSR count). The van der Waals surface area contributed by atoms with Crippen LogP contribution >= 0.6 is 12.2 Å². The highest BCUT2D eigenvalue weighted by Crippen LogP contribution is 2.11. The Labute approximate surface area is 83.6 Å². The molecule has 0 unspecified atom stereocenters. The second-order valence-electron chi connectivity index (χ2n) is 3.20. The van der Waals surface area contributed by atoms with Gasteiger partial charge in [0.05, 0.1) is 0 Å². The predicted molar refractivity (Wildman–Crippen MR) is 57.7 cm³/mol. The van der Waals surface area contributed by atoms with E-state index in [4.69, 9.17) is 12.2 Å². The zero-order chi connectivity index (χ0) is 9.84. The van der Waals surface area contributed by atoms with Crippen LogP contribution in [0.2, 0.25) is 0 Å². The van der Waals surface area contributed by atoms with Crippen molar-refractivity contribution >= 4 is 18.0 Å². The second kappa shape index (κ2) is 4.37. The van der Waals surface area contributed by atoms with Crippen molar-refractivity contribution in [3.63, 3.8) is 0 Å². The van der Waals surface area contributed by atoms with Gasteiger partial charge in [-0.15, -0.1) is 0 Å². The van der Waals surface area contributed by atoms with Crippen molar-refractivity contribution in [2.45, 2.75) is 26.7 Å². The van der Waals surface area contributed by atoms with Gasteiger partial charge in [0.1, 0.15) is 16.3 Å². The Kier molecular flexibility index (Phi) is 3.42. The van der Waals surface area contributed by atoms with Crippen LogP contribution in [0.5, 0.6) is 0 Å². The van der Waals surface area contributed by atoms with Crippen LogP contribution in [0.25, 0.3) is 0 Å². The molecule has 0 saturated carbocycles. The fraction of sp³-hybridized carbons (Fsp3) is 0.556. The molecule has 0 fully saturated rings. The summed E-state index contributed by atoms with van der Waals surface area (Å²) < 4.78 is 0.637. The zero-order valence-electron chi connectivity index (χ0n) is 8.22. The quantitative estimate of drug-likeness (QED) is 0.732. The van der Waals surface area contributed by atoms with Gasteiger partial charge in [-0.2, -0.15) is 0 Å². The summed E-state index contributed by atoms with van der Waals surface area (Å²) in [5, 5.41) is 3.18. The van der Waals surface area contributed by atoms with E-state index in [9.17, 15) is 0 Å². The average Bonchev–Trinajstić information content (AvgIpc) is 2.03. The number of rotatable bonds is 3. The first-order valence-electron chi connectivity index (χ1n) is 4.48. The summed E-state index contributed by atoms with van der Waals surface area (Å²) in [4.78, 5) is 7.43. The molecule has 0 amide bonds. The van der Waals surface area contributed by atoms with Crippen LogP contribution in [-0.4, -0.2) is 16.5 Å². The summed E-state index contributed by atoms with van der Waals surface area (Å²) in [5.41, 5.74) is 0. The van der Waals surface area contributed by atoms with Gasteiger partial charge in [0.2, 0.25) is 0 Å². The number of aromatic amines is 1. The normalized spacial score (nSPS) is 10.5. The molecule has 2 N–H and O–H groups in total.